The van der Waals surface area contributed by atoms with Crippen LogP contribution in [-0.4, -0.2) is 43.7 Å². The lowest BCUT2D eigenvalue weighted by molar-refractivity contribution is -0.138. The minimum absolute atomic E-state index is 0.133. The summed E-state index contributed by atoms with van der Waals surface area (Å²) in [6, 6.07) is 6.50. The fourth-order valence-corrected chi connectivity index (χ4v) is 5.08. The highest BCUT2D eigenvalue weighted by Crippen LogP contribution is 2.38. The SMILES string of the molecule is C[Si](C)(C)CCOCn1ncc(N2Cc3ccc(OC4CCNCC4)cc3C2)c(C(F)(F)F)c1=O. The Kier molecular flexibility index (Phi) is 7.58. The summed E-state index contributed by atoms with van der Waals surface area (Å²) in [6.45, 7) is 8.94. The molecule has 1 N–H and O–H groups in total. The standard InChI is InChI=1S/C24H33F3N4O3Si/c1-35(2,3)11-10-33-16-31-23(32)22(24(25,26)27)21(13-29-31)30-14-17-4-5-20(12-18(17)15-30)34-19-6-8-28-9-7-19/h4-5,12-13,19,28H,6-11,14-16H2,1-3H3. The highest BCUT2D eigenvalue weighted by atomic mass is 28.3. The van der Waals surface area contributed by atoms with Crippen molar-refractivity contribution in [2.45, 2.75) is 70.6 Å². The molecule has 0 bridgehead atoms. The quantitative estimate of drug-likeness (QED) is 0.424. The average Bonchev–Trinajstić information content (AvgIpc) is 3.20. The number of hydrogen-bond acceptors (Lipinski definition) is 6. The van der Waals surface area contributed by atoms with Gasteiger partial charge in [-0.3, -0.25) is 4.79 Å². The van der Waals surface area contributed by atoms with Crippen molar-refractivity contribution in [3.63, 3.8) is 0 Å². The number of anilines is 1. The van der Waals surface area contributed by atoms with Crippen LogP contribution in [0.25, 0.3) is 0 Å². The molecule has 0 atom stereocenters. The molecule has 2 aliphatic rings. The first-order valence-electron chi connectivity index (χ1n) is 12.0. The molecule has 0 saturated carbocycles. The van der Waals surface area contributed by atoms with Crippen LogP contribution in [0, 0.1) is 0 Å². The lowest BCUT2D eigenvalue weighted by Gasteiger charge is -2.24. The molecule has 0 radical (unpaired) electrons. The van der Waals surface area contributed by atoms with Crippen LogP contribution in [0.2, 0.25) is 25.7 Å². The first kappa shape index (κ1) is 25.7. The van der Waals surface area contributed by atoms with Gasteiger partial charge in [0.15, 0.2) is 0 Å². The molecule has 1 aromatic heterocycles. The fraction of sp³-hybridized carbons (Fsp3) is 0.583. The molecular weight excluding hydrogens is 477 g/mol. The Labute approximate surface area is 204 Å². The molecule has 0 amide bonds. The second kappa shape index (κ2) is 10.3. The molecule has 192 valence electrons. The maximum Gasteiger partial charge on any atom is 0.423 e. The average molecular weight is 511 g/mol. The van der Waals surface area contributed by atoms with Crippen LogP contribution in [0.3, 0.4) is 0 Å². The van der Waals surface area contributed by atoms with Gasteiger partial charge in [0.2, 0.25) is 0 Å². The number of ether oxygens (including phenoxy) is 2. The zero-order chi connectivity index (χ0) is 25.2. The molecule has 2 aromatic rings. The van der Waals surface area contributed by atoms with E-state index in [-0.39, 0.29) is 31.6 Å². The van der Waals surface area contributed by atoms with Crippen LogP contribution in [-0.2, 0) is 30.7 Å². The first-order valence-corrected chi connectivity index (χ1v) is 15.7. The Balaban J connectivity index is 1.51. The maximum atomic E-state index is 14.0. The second-order valence-corrected chi connectivity index (χ2v) is 16.0. The van der Waals surface area contributed by atoms with Crippen LogP contribution in [0.5, 0.6) is 5.75 Å². The number of alkyl halides is 3. The van der Waals surface area contributed by atoms with Crippen molar-refractivity contribution in [1.29, 1.82) is 0 Å². The van der Waals surface area contributed by atoms with Crippen molar-refractivity contribution >= 4 is 13.8 Å². The molecule has 11 heteroatoms. The molecule has 35 heavy (non-hydrogen) atoms. The topological polar surface area (TPSA) is 68.6 Å². The minimum atomic E-state index is -4.81. The molecular formula is C24H33F3N4O3Si. The van der Waals surface area contributed by atoms with Gasteiger partial charge in [0, 0.05) is 27.8 Å². The van der Waals surface area contributed by atoms with Gasteiger partial charge >= 0.3 is 6.18 Å². The van der Waals surface area contributed by atoms with E-state index in [0.29, 0.717) is 6.61 Å². The van der Waals surface area contributed by atoms with E-state index in [0.717, 1.165) is 59.7 Å². The fourth-order valence-electron chi connectivity index (χ4n) is 4.33. The van der Waals surface area contributed by atoms with Crippen molar-refractivity contribution in [2.75, 3.05) is 24.6 Å². The lowest BCUT2D eigenvalue weighted by Crippen LogP contribution is -2.34. The number of piperidine rings is 1. The number of rotatable bonds is 8. The van der Waals surface area contributed by atoms with Gasteiger partial charge in [-0.25, -0.2) is 4.68 Å². The molecule has 0 unspecified atom stereocenters. The van der Waals surface area contributed by atoms with Gasteiger partial charge in [0.25, 0.3) is 5.56 Å². The van der Waals surface area contributed by atoms with E-state index in [2.05, 4.69) is 30.1 Å². The number of halogens is 3. The van der Waals surface area contributed by atoms with Crippen LogP contribution in [0.1, 0.15) is 29.5 Å². The maximum absolute atomic E-state index is 14.0. The van der Waals surface area contributed by atoms with Crippen LogP contribution < -0.4 is 20.5 Å². The number of nitrogens with zero attached hydrogens (tertiary/aromatic N) is 3. The van der Waals surface area contributed by atoms with E-state index < -0.39 is 25.4 Å². The molecule has 0 spiro atoms. The Morgan fingerprint density at radius 1 is 1.14 bits per heavy atom. The van der Waals surface area contributed by atoms with Gasteiger partial charge in [-0.2, -0.15) is 18.3 Å². The van der Waals surface area contributed by atoms with Crippen LogP contribution >= 0.6 is 0 Å². The third-order valence-corrected chi connectivity index (χ3v) is 8.05. The summed E-state index contributed by atoms with van der Waals surface area (Å²) < 4.78 is 54.4. The van der Waals surface area contributed by atoms with Crippen LogP contribution in [0.4, 0.5) is 18.9 Å². The monoisotopic (exact) mass is 510 g/mol. The number of nitrogens with one attached hydrogen (secondary N) is 1. The molecule has 4 rings (SSSR count). The molecule has 1 saturated heterocycles. The van der Waals surface area contributed by atoms with Gasteiger partial charge in [-0.15, -0.1) is 0 Å². The van der Waals surface area contributed by atoms with Crippen molar-refractivity contribution in [3.8, 4) is 5.75 Å². The summed E-state index contributed by atoms with van der Waals surface area (Å²) in [7, 11) is -1.36. The van der Waals surface area contributed by atoms with E-state index in [4.69, 9.17) is 9.47 Å². The molecule has 2 aliphatic heterocycles. The van der Waals surface area contributed by atoms with Gasteiger partial charge < -0.3 is 19.7 Å². The summed E-state index contributed by atoms with van der Waals surface area (Å²) in [6.07, 6.45) is -1.71. The second-order valence-electron chi connectivity index (χ2n) is 10.4. The van der Waals surface area contributed by atoms with E-state index in [9.17, 15) is 18.0 Å². The van der Waals surface area contributed by atoms with E-state index in [1.807, 2.05) is 18.2 Å². The zero-order valence-corrected chi connectivity index (χ0v) is 21.5. The van der Waals surface area contributed by atoms with Crippen molar-refractivity contribution in [1.82, 2.24) is 15.1 Å². The normalized spacial score (nSPS) is 17.0. The largest absolute Gasteiger partial charge is 0.490 e. The van der Waals surface area contributed by atoms with Gasteiger partial charge in [-0.1, -0.05) is 25.7 Å². The zero-order valence-electron chi connectivity index (χ0n) is 20.5. The molecule has 3 heterocycles. The number of aromatic nitrogens is 2. The highest BCUT2D eigenvalue weighted by Gasteiger charge is 2.40. The number of hydrogen-bond donors (Lipinski definition) is 1. The smallest absolute Gasteiger partial charge is 0.423 e. The summed E-state index contributed by atoms with van der Waals surface area (Å²) in [5, 5.41) is 7.30. The molecule has 7 nitrogen and oxygen atoms in total. The predicted octanol–water partition coefficient (Wildman–Crippen LogP) is 4.23. The Bertz CT molecular complexity index is 1090. The molecule has 0 aliphatic carbocycles. The van der Waals surface area contributed by atoms with Crippen molar-refractivity contribution < 1.29 is 22.6 Å². The lowest BCUT2D eigenvalue weighted by atomic mass is 10.1. The molecule has 1 aromatic carbocycles. The van der Waals surface area contributed by atoms with Gasteiger partial charge in [-0.05, 0) is 55.2 Å². The predicted molar refractivity (Wildman–Crippen MR) is 130 cm³/mol. The summed E-state index contributed by atoms with van der Waals surface area (Å²) in [5.41, 5.74) is -0.801. The summed E-state index contributed by atoms with van der Waals surface area (Å²) in [4.78, 5) is 14.3. The van der Waals surface area contributed by atoms with E-state index in [1.165, 1.54) is 0 Å². The Morgan fingerprint density at radius 2 is 1.86 bits per heavy atom. The number of fused-ring (bicyclic) bond motifs is 1. The van der Waals surface area contributed by atoms with E-state index >= 15 is 0 Å². The molecule has 1 fully saturated rings. The first-order chi connectivity index (χ1) is 16.5. The third-order valence-electron chi connectivity index (χ3n) is 6.35. The Hall–Kier alpha value is -2.37. The van der Waals surface area contributed by atoms with Gasteiger partial charge in [0.1, 0.15) is 24.1 Å². The van der Waals surface area contributed by atoms with Crippen molar-refractivity contribution in [3.05, 3.63) is 51.4 Å². The summed E-state index contributed by atoms with van der Waals surface area (Å²) in [5.74, 6) is 0.720. The number of benzene rings is 1. The minimum Gasteiger partial charge on any atom is -0.490 e. The van der Waals surface area contributed by atoms with E-state index in [1.54, 1.807) is 4.90 Å². The van der Waals surface area contributed by atoms with Crippen LogP contribution in [0.15, 0.2) is 29.2 Å². The van der Waals surface area contributed by atoms with Crippen molar-refractivity contribution in [2.24, 2.45) is 0 Å². The van der Waals surface area contributed by atoms with Gasteiger partial charge in [0.05, 0.1) is 11.9 Å². The summed E-state index contributed by atoms with van der Waals surface area (Å²) >= 11 is 0. The highest BCUT2D eigenvalue weighted by molar-refractivity contribution is 6.76. The Morgan fingerprint density at radius 3 is 2.54 bits per heavy atom. The third kappa shape index (κ3) is 6.45.